The normalized spacial score (nSPS) is 26.5. The molecule has 2 saturated heterocycles. The first-order chi connectivity index (χ1) is 12.2. The summed E-state index contributed by atoms with van der Waals surface area (Å²) in [5.74, 6) is -1.66. The van der Waals surface area contributed by atoms with Crippen molar-refractivity contribution in [2.24, 2.45) is 0 Å². The molecule has 1 saturated carbocycles. The topological polar surface area (TPSA) is 89.1 Å². The largest absolute Gasteiger partial charge is 0.379 e. The lowest BCUT2D eigenvalue weighted by atomic mass is 9.94. The molecule has 0 aromatic heterocycles. The zero-order chi connectivity index (χ0) is 17.5. The van der Waals surface area contributed by atoms with Crippen molar-refractivity contribution in [3.05, 3.63) is 0 Å². The Morgan fingerprint density at radius 2 is 1.76 bits per heavy atom. The van der Waals surface area contributed by atoms with E-state index < -0.39 is 17.6 Å². The first kappa shape index (κ1) is 18.6. The number of hydrogen-bond acceptors (Lipinski definition) is 6. The summed E-state index contributed by atoms with van der Waals surface area (Å²) < 4.78 is 17.1. The third kappa shape index (κ3) is 5.37. The standard InChI is InChI=1S/C17H29N3O5/c21-15(18-6-7-20-8-10-23-11-9-20)16(22)19-12-14-13-24-17(25-14)4-2-1-3-5-17/h14H,1-13H2,(H,18,21)(H,19,22)/t14-/m0/s1. The minimum Gasteiger partial charge on any atom is -0.379 e. The second-order valence-electron chi connectivity index (χ2n) is 6.94. The molecule has 1 atom stereocenters. The van der Waals surface area contributed by atoms with Gasteiger partial charge in [0.2, 0.25) is 0 Å². The fourth-order valence-corrected chi connectivity index (χ4v) is 3.59. The lowest BCUT2D eigenvalue weighted by Gasteiger charge is -2.31. The minimum atomic E-state index is -0.616. The summed E-state index contributed by atoms with van der Waals surface area (Å²) >= 11 is 0. The summed E-state index contributed by atoms with van der Waals surface area (Å²) in [6.45, 7) is 5.13. The van der Waals surface area contributed by atoms with Crippen molar-refractivity contribution in [2.75, 3.05) is 52.5 Å². The van der Waals surface area contributed by atoms with Crippen molar-refractivity contribution in [1.82, 2.24) is 15.5 Å². The van der Waals surface area contributed by atoms with Gasteiger partial charge in [0, 0.05) is 45.6 Å². The Hall–Kier alpha value is -1.22. The molecule has 2 N–H and O–H groups in total. The molecule has 2 heterocycles. The Labute approximate surface area is 148 Å². The van der Waals surface area contributed by atoms with Crippen LogP contribution in [0.3, 0.4) is 0 Å². The van der Waals surface area contributed by atoms with Gasteiger partial charge in [-0.1, -0.05) is 6.42 Å². The highest BCUT2D eigenvalue weighted by Crippen LogP contribution is 2.37. The molecule has 3 fully saturated rings. The molecule has 0 aromatic rings. The first-order valence-electron chi connectivity index (χ1n) is 9.35. The Bertz CT molecular complexity index is 461. The van der Waals surface area contributed by atoms with Gasteiger partial charge >= 0.3 is 11.8 Å². The number of ether oxygens (including phenoxy) is 3. The molecule has 8 heteroatoms. The Morgan fingerprint density at radius 1 is 1.04 bits per heavy atom. The van der Waals surface area contributed by atoms with E-state index in [0.29, 0.717) is 19.7 Å². The molecular weight excluding hydrogens is 326 g/mol. The van der Waals surface area contributed by atoms with Crippen molar-refractivity contribution in [3.63, 3.8) is 0 Å². The number of carbonyl (C=O) groups excluding carboxylic acids is 2. The van der Waals surface area contributed by atoms with E-state index >= 15 is 0 Å². The fraction of sp³-hybridized carbons (Fsp3) is 0.882. The van der Waals surface area contributed by atoms with Gasteiger partial charge in [-0.25, -0.2) is 0 Å². The van der Waals surface area contributed by atoms with Crippen LogP contribution in [0.15, 0.2) is 0 Å². The molecule has 0 aromatic carbocycles. The van der Waals surface area contributed by atoms with E-state index in [4.69, 9.17) is 14.2 Å². The SMILES string of the molecule is O=C(NCCN1CCOCC1)C(=O)NC[C@H]1COC2(CCCCC2)O1. The summed E-state index contributed by atoms with van der Waals surface area (Å²) in [4.78, 5) is 25.9. The van der Waals surface area contributed by atoms with Gasteiger partial charge in [0.1, 0.15) is 6.10 Å². The van der Waals surface area contributed by atoms with Crippen LogP contribution in [0.25, 0.3) is 0 Å². The van der Waals surface area contributed by atoms with Gasteiger partial charge in [-0.2, -0.15) is 0 Å². The molecule has 1 spiro atoms. The van der Waals surface area contributed by atoms with Crippen molar-refractivity contribution in [1.29, 1.82) is 0 Å². The van der Waals surface area contributed by atoms with E-state index in [9.17, 15) is 9.59 Å². The van der Waals surface area contributed by atoms with E-state index in [-0.39, 0.29) is 6.10 Å². The van der Waals surface area contributed by atoms with Crippen LogP contribution in [-0.4, -0.2) is 81.1 Å². The maximum absolute atomic E-state index is 11.9. The van der Waals surface area contributed by atoms with E-state index in [1.807, 2.05) is 0 Å². The molecule has 142 valence electrons. The molecular formula is C17H29N3O5. The van der Waals surface area contributed by atoms with Crippen LogP contribution in [0.2, 0.25) is 0 Å². The quantitative estimate of drug-likeness (QED) is 0.654. The Kier molecular flexibility index (Phi) is 6.63. The van der Waals surface area contributed by atoms with E-state index in [1.165, 1.54) is 6.42 Å². The van der Waals surface area contributed by atoms with Gasteiger partial charge in [0.15, 0.2) is 5.79 Å². The van der Waals surface area contributed by atoms with Crippen LogP contribution < -0.4 is 10.6 Å². The average Bonchev–Trinajstić information content (AvgIpc) is 3.03. The molecule has 1 aliphatic carbocycles. The molecule has 0 radical (unpaired) electrons. The molecule has 8 nitrogen and oxygen atoms in total. The number of morpholine rings is 1. The third-order valence-corrected chi connectivity index (χ3v) is 5.04. The molecule has 0 unspecified atom stereocenters. The molecule has 2 aliphatic heterocycles. The highest BCUT2D eigenvalue weighted by atomic mass is 16.7. The molecule has 3 rings (SSSR count). The van der Waals surface area contributed by atoms with E-state index in [2.05, 4.69) is 15.5 Å². The van der Waals surface area contributed by atoms with Crippen LogP contribution in [0.1, 0.15) is 32.1 Å². The third-order valence-electron chi connectivity index (χ3n) is 5.04. The number of rotatable bonds is 5. The highest BCUT2D eigenvalue weighted by molar-refractivity contribution is 6.35. The lowest BCUT2D eigenvalue weighted by molar-refractivity contribution is -0.186. The number of nitrogens with one attached hydrogen (secondary N) is 2. The molecule has 2 amide bonds. The molecule has 0 bridgehead atoms. The first-order valence-corrected chi connectivity index (χ1v) is 9.35. The second kappa shape index (κ2) is 8.93. The second-order valence-corrected chi connectivity index (χ2v) is 6.94. The molecule has 3 aliphatic rings. The zero-order valence-electron chi connectivity index (χ0n) is 14.8. The van der Waals surface area contributed by atoms with Gasteiger partial charge in [0.25, 0.3) is 0 Å². The van der Waals surface area contributed by atoms with Crippen molar-refractivity contribution in [3.8, 4) is 0 Å². The van der Waals surface area contributed by atoms with Crippen LogP contribution in [0, 0.1) is 0 Å². The number of amides is 2. The fourth-order valence-electron chi connectivity index (χ4n) is 3.59. The number of carbonyl (C=O) groups is 2. The maximum Gasteiger partial charge on any atom is 0.309 e. The van der Waals surface area contributed by atoms with Gasteiger partial charge in [-0.05, 0) is 12.8 Å². The van der Waals surface area contributed by atoms with E-state index in [1.54, 1.807) is 0 Å². The van der Waals surface area contributed by atoms with Crippen LogP contribution >= 0.6 is 0 Å². The van der Waals surface area contributed by atoms with Gasteiger partial charge in [-0.15, -0.1) is 0 Å². The average molecular weight is 355 g/mol. The summed E-state index contributed by atoms with van der Waals surface area (Å²) in [5, 5.41) is 5.30. The Balaban J connectivity index is 1.30. The van der Waals surface area contributed by atoms with Gasteiger partial charge < -0.3 is 24.8 Å². The van der Waals surface area contributed by atoms with Crippen LogP contribution in [0.5, 0.6) is 0 Å². The van der Waals surface area contributed by atoms with Crippen molar-refractivity contribution >= 4 is 11.8 Å². The maximum atomic E-state index is 11.9. The number of nitrogens with zero attached hydrogens (tertiary/aromatic N) is 1. The summed E-state index contributed by atoms with van der Waals surface area (Å²) in [6.07, 6.45) is 5.11. The minimum absolute atomic E-state index is 0.178. The van der Waals surface area contributed by atoms with Crippen LogP contribution in [-0.2, 0) is 23.8 Å². The monoisotopic (exact) mass is 355 g/mol. The Morgan fingerprint density at radius 3 is 2.52 bits per heavy atom. The van der Waals surface area contributed by atoms with E-state index in [0.717, 1.165) is 58.5 Å². The zero-order valence-corrected chi connectivity index (χ0v) is 14.8. The summed E-state index contributed by atoms with van der Waals surface area (Å²) in [7, 11) is 0. The predicted molar refractivity (Wildman–Crippen MR) is 89.9 cm³/mol. The van der Waals surface area contributed by atoms with Crippen molar-refractivity contribution < 1.29 is 23.8 Å². The molecule has 25 heavy (non-hydrogen) atoms. The van der Waals surface area contributed by atoms with Gasteiger partial charge in [0.05, 0.1) is 19.8 Å². The van der Waals surface area contributed by atoms with Gasteiger partial charge in [-0.3, -0.25) is 14.5 Å². The predicted octanol–water partition coefficient (Wildman–Crippen LogP) is -0.373. The lowest BCUT2D eigenvalue weighted by Crippen LogP contribution is -2.46. The summed E-state index contributed by atoms with van der Waals surface area (Å²) in [6, 6.07) is 0. The van der Waals surface area contributed by atoms with Crippen LogP contribution in [0.4, 0.5) is 0 Å². The number of hydrogen-bond donors (Lipinski definition) is 2. The van der Waals surface area contributed by atoms with Crippen molar-refractivity contribution in [2.45, 2.75) is 44.0 Å². The highest BCUT2D eigenvalue weighted by Gasteiger charge is 2.42. The smallest absolute Gasteiger partial charge is 0.309 e. The summed E-state index contributed by atoms with van der Waals surface area (Å²) in [5.41, 5.74) is 0.